The number of hydrogen-bond acceptors (Lipinski definition) is 5. The fourth-order valence-corrected chi connectivity index (χ4v) is 4.24. The maximum atomic E-state index is 13.1. The standard InChI is InChI=1S/C27H32N4O2/c1-20-15-23(19-30(3)27(20)33)26(32)16-22-9-10-24(31-13-11-29(2)12-14-31)17-25(22)28-18-21-7-5-4-6-8-21/h4-10,15,17,19,28H,11-14,16,18H2,1-3H3. The SMILES string of the molecule is Cc1cc(C(=O)Cc2ccc(N3CCN(C)CC3)cc2NCc2ccccc2)cn(C)c1=O. The first-order valence-corrected chi connectivity index (χ1v) is 11.5. The second kappa shape index (κ2) is 10.0. The monoisotopic (exact) mass is 444 g/mol. The summed E-state index contributed by atoms with van der Waals surface area (Å²) in [5.41, 5.74) is 5.36. The molecule has 0 aliphatic carbocycles. The fourth-order valence-electron chi connectivity index (χ4n) is 4.24. The number of piperazine rings is 1. The molecule has 2 heterocycles. The lowest BCUT2D eigenvalue weighted by Crippen LogP contribution is -2.44. The third kappa shape index (κ3) is 5.52. The van der Waals surface area contributed by atoms with Crippen LogP contribution < -0.4 is 15.8 Å². The molecule has 1 aliphatic rings. The molecular weight excluding hydrogens is 412 g/mol. The van der Waals surface area contributed by atoms with Crippen LogP contribution in [0.4, 0.5) is 11.4 Å². The van der Waals surface area contributed by atoms with Crippen LogP contribution in [0.3, 0.4) is 0 Å². The zero-order valence-electron chi connectivity index (χ0n) is 19.7. The van der Waals surface area contributed by atoms with E-state index >= 15 is 0 Å². The van der Waals surface area contributed by atoms with Gasteiger partial charge >= 0.3 is 0 Å². The summed E-state index contributed by atoms with van der Waals surface area (Å²) in [6.07, 6.45) is 1.91. The highest BCUT2D eigenvalue weighted by atomic mass is 16.1. The number of ketones is 1. The van der Waals surface area contributed by atoms with Crippen LogP contribution in [0.2, 0.25) is 0 Å². The van der Waals surface area contributed by atoms with Crippen LogP contribution in [0, 0.1) is 6.92 Å². The minimum atomic E-state index is -0.0757. The number of rotatable bonds is 7. The number of benzene rings is 2. The normalized spacial score (nSPS) is 14.3. The largest absolute Gasteiger partial charge is 0.381 e. The molecule has 0 unspecified atom stereocenters. The Hall–Kier alpha value is -3.38. The first-order chi connectivity index (χ1) is 15.9. The minimum Gasteiger partial charge on any atom is -0.381 e. The topological polar surface area (TPSA) is 57.6 Å². The predicted molar refractivity (Wildman–Crippen MR) is 134 cm³/mol. The molecule has 33 heavy (non-hydrogen) atoms. The number of carbonyl (C=O) groups excluding carboxylic acids is 1. The predicted octanol–water partition coefficient (Wildman–Crippen LogP) is 3.48. The van der Waals surface area contributed by atoms with Crippen molar-refractivity contribution < 1.29 is 4.79 Å². The molecule has 6 nitrogen and oxygen atoms in total. The van der Waals surface area contributed by atoms with Crippen molar-refractivity contribution in [3.05, 3.63) is 93.4 Å². The van der Waals surface area contributed by atoms with E-state index in [1.54, 1.807) is 26.2 Å². The molecule has 2 aromatic carbocycles. The Bertz CT molecular complexity index is 1150. The van der Waals surface area contributed by atoms with E-state index in [1.807, 2.05) is 18.2 Å². The van der Waals surface area contributed by atoms with Crippen LogP contribution in [0.25, 0.3) is 0 Å². The van der Waals surface area contributed by atoms with Gasteiger partial charge in [0.2, 0.25) is 0 Å². The summed E-state index contributed by atoms with van der Waals surface area (Å²) in [6.45, 7) is 6.50. The first kappa shape index (κ1) is 22.8. The van der Waals surface area contributed by atoms with Gasteiger partial charge in [-0.05, 0) is 43.3 Å². The molecule has 0 radical (unpaired) electrons. The number of pyridine rings is 1. The quantitative estimate of drug-likeness (QED) is 0.566. The molecular formula is C27H32N4O2. The minimum absolute atomic E-state index is 0.00353. The number of aryl methyl sites for hydroxylation is 2. The fraction of sp³-hybridized carbons (Fsp3) is 0.333. The van der Waals surface area contributed by atoms with E-state index in [0.717, 1.165) is 37.4 Å². The molecule has 0 atom stereocenters. The van der Waals surface area contributed by atoms with E-state index in [2.05, 4.69) is 52.5 Å². The number of likely N-dealkylation sites (N-methyl/N-ethyl adjacent to an activating group) is 1. The molecule has 1 aliphatic heterocycles. The van der Waals surface area contributed by atoms with E-state index < -0.39 is 0 Å². The molecule has 1 N–H and O–H groups in total. The van der Waals surface area contributed by atoms with Crippen molar-refractivity contribution in [2.75, 3.05) is 43.4 Å². The van der Waals surface area contributed by atoms with Gasteiger partial charge in [0.15, 0.2) is 5.78 Å². The van der Waals surface area contributed by atoms with E-state index in [-0.39, 0.29) is 17.8 Å². The lowest BCUT2D eigenvalue weighted by molar-refractivity contribution is 0.0992. The van der Waals surface area contributed by atoms with Crippen LogP contribution in [-0.4, -0.2) is 48.5 Å². The Kier molecular flexibility index (Phi) is 6.94. The highest BCUT2D eigenvalue weighted by Gasteiger charge is 2.17. The number of anilines is 2. The van der Waals surface area contributed by atoms with Gasteiger partial charge in [-0.25, -0.2) is 0 Å². The Morgan fingerprint density at radius 3 is 2.39 bits per heavy atom. The van der Waals surface area contributed by atoms with E-state index in [4.69, 9.17) is 0 Å². The van der Waals surface area contributed by atoms with E-state index in [0.29, 0.717) is 17.7 Å². The average molecular weight is 445 g/mol. The Morgan fingerprint density at radius 1 is 0.970 bits per heavy atom. The number of Topliss-reactive ketones (excluding diaryl/α,β-unsaturated/α-hetero) is 1. The summed E-state index contributed by atoms with van der Waals surface area (Å²) < 4.78 is 1.48. The van der Waals surface area contributed by atoms with Crippen LogP contribution >= 0.6 is 0 Å². The number of nitrogens with zero attached hydrogens (tertiary/aromatic N) is 3. The van der Waals surface area contributed by atoms with Crippen molar-refractivity contribution in [1.29, 1.82) is 0 Å². The van der Waals surface area contributed by atoms with Crippen molar-refractivity contribution in [1.82, 2.24) is 9.47 Å². The third-order valence-electron chi connectivity index (χ3n) is 6.32. The van der Waals surface area contributed by atoms with Gasteiger partial charge in [0.1, 0.15) is 0 Å². The maximum Gasteiger partial charge on any atom is 0.253 e. The number of nitrogens with one attached hydrogen (secondary N) is 1. The number of hydrogen-bond donors (Lipinski definition) is 1. The molecule has 172 valence electrons. The van der Waals surface area contributed by atoms with Crippen molar-refractivity contribution in [3.8, 4) is 0 Å². The van der Waals surface area contributed by atoms with Crippen LogP contribution in [0.5, 0.6) is 0 Å². The van der Waals surface area contributed by atoms with E-state index in [9.17, 15) is 9.59 Å². The Labute approximate surface area is 195 Å². The molecule has 0 spiro atoms. The molecule has 6 heteroatoms. The molecule has 0 bridgehead atoms. The second-order valence-corrected chi connectivity index (χ2v) is 8.90. The molecule has 1 fully saturated rings. The van der Waals surface area contributed by atoms with Crippen LogP contribution in [0.15, 0.2) is 65.6 Å². The number of carbonyl (C=O) groups is 1. The summed E-state index contributed by atoms with van der Waals surface area (Å²) in [5.74, 6) is 0.00353. The molecule has 4 rings (SSSR count). The maximum absolute atomic E-state index is 13.1. The zero-order valence-corrected chi connectivity index (χ0v) is 19.7. The van der Waals surface area contributed by atoms with Gasteiger partial charge in [-0.3, -0.25) is 9.59 Å². The molecule has 0 saturated carbocycles. The average Bonchev–Trinajstić information content (AvgIpc) is 2.82. The van der Waals surface area contributed by atoms with Crippen LogP contribution in [-0.2, 0) is 20.0 Å². The summed E-state index contributed by atoms with van der Waals surface area (Å²) in [6, 6.07) is 18.3. The van der Waals surface area contributed by atoms with Gasteiger partial charge in [0.05, 0.1) is 0 Å². The van der Waals surface area contributed by atoms with E-state index in [1.165, 1.54) is 15.8 Å². The Morgan fingerprint density at radius 2 is 1.70 bits per heavy atom. The molecule has 3 aromatic rings. The van der Waals surface area contributed by atoms with Gasteiger partial charge in [-0.1, -0.05) is 36.4 Å². The second-order valence-electron chi connectivity index (χ2n) is 8.90. The highest BCUT2D eigenvalue weighted by molar-refractivity contribution is 5.98. The molecule has 0 amide bonds. The summed E-state index contributed by atoms with van der Waals surface area (Å²) in [4.78, 5) is 29.9. The van der Waals surface area contributed by atoms with Gasteiger partial charge in [-0.2, -0.15) is 0 Å². The van der Waals surface area contributed by atoms with Gasteiger partial charge in [-0.15, -0.1) is 0 Å². The lowest BCUT2D eigenvalue weighted by Gasteiger charge is -2.34. The van der Waals surface area contributed by atoms with Gasteiger partial charge in [0.25, 0.3) is 5.56 Å². The van der Waals surface area contributed by atoms with Crippen molar-refractivity contribution in [2.45, 2.75) is 19.9 Å². The third-order valence-corrected chi connectivity index (χ3v) is 6.32. The smallest absolute Gasteiger partial charge is 0.253 e. The van der Waals surface area contributed by atoms with Gasteiger partial charge < -0.3 is 19.7 Å². The molecule has 1 aromatic heterocycles. The Balaban J connectivity index is 1.59. The van der Waals surface area contributed by atoms with Crippen molar-refractivity contribution in [3.63, 3.8) is 0 Å². The molecule has 1 saturated heterocycles. The number of aromatic nitrogens is 1. The first-order valence-electron chi connectivity index (χ1n) is 11.5. The summed E-state index contributed by atoms with van der Waals surface area (Å²) in [7, 11) is 3.84. The highest BCUT2D eigenvalue weighted by Crippen LogP contribution is 2.27. The summed E-state index contributed by atoms with van der Waals surface area (Å²) >= 11 is 0. The zero-order chi connectivity index (χ0) is 23.4. The lowest BCUT2D eigenvalue weighted by atomic mass is 10.0. The van der Waals surface area contributed by atoms with Crippen LogP contribution in [0.1, 0.15) is 27.0 Å². The summed E-state index contributed by atoms with van der Waals surface area (Å²) in [5, 5.41) is 3.56. The van der Waals surface area contributed by atoms with Gasteiger partial charge in [0, 0.05) is 74.9 Å². The van der Waals surface area contributed by atoms with Crippen molar-refractivity contribution in [2.24, 2.45) is 7.05 Å². The van der Waals surface area contributed by atoms with Crippen molar-refractivity contribution >= 4 is 17.2 Å².